The smallest absolute Gasteiger partial charge is 0.220 e. The summed E-state index contributed by atoms with van der Waals surface area (Å²) in [6.45, 7) is 2.70. The Balaban J connectivity index is 1.12. The first kappa shape index (κ1) is 37.6. The van der Waals surface area contributed by atoms with Crippen molar-refractivity contribution < 1.29 is 14.3 Å². The lowest BCUT2D eigenvalue weighted by molar-refractivity contribution is -0.120. The van der Waals surface area contributed by atoms with Crippen molar-refractivity contribution >= 4 is 35.0 Å². The number of aryl methyl sites for hydroxylation is 2. The average molecular weight is 763 g/mol. The number of nitrogens with zero attached hydrogens (tertiary/aromatic N) is 1. The summed E-state index contributed by atoms with van der Waals surface area (Å²) in [6.07, 6.45) is 4.68. The summed E-state index contributed by atoms with van der Waals surface area (Å²) in [5.74, 6) is 0.752. The van der Waals surface area contributed by atoms with Crippen LogP contribution in [0.4, 0.5) is 0 Å². The predicted octanol–water partition coefficient (Wildman–Crippen LogP) is 7.92. The minimum atomic E-state index is 0.105. The van der Waals surface area contributed by atoms with Gasteiger partial charge in [-0.25, -0.2) is 4.98 Å². The van der Waals surface area contributed by atoms with Gasteiger partial charge in [0, 0.05) is 78.9 Å². The van der Waals surface area contributed by atoms with Gasteiger partial charge < -0.3 is 26.0 Å². The number of methoxy groups -OCH3 is 1. The van der Waals surface area contributed by atoms with Gasteiger partial charge in [-0.2, -0.15) is 0 Å². The van der Waals surface area contributed by atoms with Gasteiger partial charge in [0.15, 0.2) is 0 Å². The van der Waals surface area contributed by atoms with Crippen LogP contribution in [0.15, 0.2) is 97.1 Å². The number of halogens is 2. The van der Waals surface area contributed by atoms with Gasteiger partial charge in [-0.15, -0.1) is 0 Å². The first-order chi connectivity index (χ1) is 26.4. The number of benzene rings is 4. The molecule has 3 heterocycles. The molecule has 0 unspecified atom stereocenters. The van der Waals surface area contributed by atoms with Gasteiger partial charge in [0.2, 0.25) is 17.7 Å². The van der Waals surface area contributed by atoms with Crippen molar-refractivity contribution in [3.05, 3.63) is 129 Å². The molecule has 1 aromatic heterocycles. The van der Waals surface area contributed by atoms with Gasteiger partial charge in [0.05, 0.1) is 22.8 Å². The highest BCUT2D eigenvalue weighted by Gasteiger charge is 2.22. The predicted molar refractivity (Wildman–Crippen MR) is 217 cm³/mol. The third-order valence-electron chi connectivity index (χ3n) is 10.3. The van der Waals surface area contributed by atoms with Crippen LogP contribution in [-0.4, -0.2) is 49.1 Å². The number of ether oxygens (including phenoxy) is 1. The number of rotatable bonds is 15. The topological polar surface area (TPSA) is 104 Å². The summed E-state index contributed by atoms with van der Waals surface area (Å²) in [6, 6.07) is 33.4. The molecule has 2 saturated heterocycles. The molecule has 2 fully saturated rings. The number of hydrogen-bond donors (Lipinski definition) is 4. The minimum Gasteiger partial charge on any atom is -0.481 e. The molecule has 10 heteroatoms. The average Bonchev–Trinajstić information content (AvgIpc) is 3.81. The SMILES string of the molecule is COc1nc(-c2cccc(-c3cccc(-c4ccc(CNC[C@H]5CCC(=O)N5)c(CCc5ccccc5)c4)c3Cl)c2Cl)ccc1CNC[C@H]1CCC(=O)N1. The molecule has 0 aliphatic carbocycles. The van der Waals surface area contributed by atoms with E-state index in [1.54, 1.807) is 7.11 Å². The summed E-state index contributed by atoms with van der Waals surface area (Å²) in [7, 11) is 1.61. The van der Waals surface area contributed by atoms with Crippen molar-refractivity contribution in [2.24, 2.45) is 0 Å². The van der Waals surface area contributed by atoms with Crippen molar-refractivity contribution in [2.45, 2.75) is 63.7 Å². The second-order valence-corrected chi connectivity index (χ2v) is 14.8. The van der Waals surface area contributed by atoms with E-state index in [0.29, 0.717) is 54.1 Å². The number of nitrogens with one attached hydrogen (secondary N) is 4. The van der Waals surface area contributed by atoms with E-state index in [-0.39, 0.29) is 23.9 Å². The summed E-state index contributed by atoms with van der Waals surface area (Å²) >= 11 is 14.5. The highest BCUT2D eigenvalue weighted by atomic mass is 35.5. The van der Waals surface area contributed by atoms with E-state index < -0.39 is 0 Å². The summed E-state index contributed by atoms with van der Waals surface area (Å²) in [5.41, 5.74) is 9.78. The molecular weight excluding hydrogens is 717 g/mol. The molecule has 0 saturated carbocycles. The zero-order valence-electron chi connectivity index (χ0n) is 30.4. The van der Waals surface area contributed by atoms with Crippen molar-refractivity contribution in [3.8, 4) is 39.4 Å². The van der Waals surface area contributed by atoms with Gasteiger partial charge in [0.25, 0.3) is 0 Å². The highest BCUT2D eigenvalue weighted by Crippen LogP contribution is 2.42. The molecule has 0 spiro atoms. The third kappa shape index (κ3) is 8.96. The van der Waals surface area contributed by atoms with Crippen LogP contribution in [0.25, 0.3) is 33.5 Å². The largest absolute Gasteiger partial charge is 0.481 e. The van der Waals surface area contributed by atoms with Gasteiger partial charge in [-0.3, -0.25) is 9.59 Å². The van der Waals surface area contributed by atoms with E-state index in [0.717, 1.165) is 65.6 Å². The maximum absolute atomic E-state index is 11.7. The van der Waals surface area contributed by atoms with Crippen LogP contribution in [-0.2, 0) is 35.5 Å². The zero-order chi connectivity index (χ0) is 37.4. The van der Waals surface area contributed by atoms with Crippen molar-refractivity contribution in [1.82, 2.24) is 26.3 Å². The molecule has 54 heavy (non-hydrogen) atoms. The van der Waals surface area contributed by atoms with Crippen molar-refractivity contribution in [2.75, 3.05) is 20.2 Å². The van der Waals surface area contributed by atoms with E-state index in [1.165, 1.54) is 16.7 Å². The second kappa shape index (κ2) is 17.6. The summed E-state index contributed by atoms with van der Waals surface area (Å²) in [5, 5.41) is 14.2. The quantitative estimate of drug-likeness (QED) is 0.0865. The first-order valence-electron chi connectivity index (χ1n) is 18.6. The molecule has 7 rings (SSSR count). The second-order valence-electron chi connectivity index (χ2n) is 14.0. The molecule has 2 aliphatic rings. The lowest BCUT2D eigenvalue weighted by Gasteiger charge is -2.17. The Morgan fingerprint density at radius 1 is 0.667 bits per heavy atom. The maximum Gasteiger partial charge on any atom is 0.220 e. The van der Waals surface area contributed by atoms with Crippen LogP contribution >= 0.6 is 23.2 Å². The Kier molecular flexibility index (Phi) is 12.3. The molecule has 278 valence electrons. The van der Waals surface area contributed by atoms with E-state index in [1.807, 2.05) is 48.5 Å². The van der Waals surface area contributed by atoms with Gasteiger partial charge >= 0.3 is 0 Å². The van der Waals surface area contributed by atoms with Crippen LogP contribution in [0.1, 0.15) is 47.9 Å². The molecule has 2 amide bonds. The Morgan fingerprint density at radius 2 is 1.26 bits per heavy atom. The fourth-order valence-electron chi connectivity index (χ4n) is 7.38. The molecule has 5 aromatic rings. The molecule has 2 aliphatic heterocycles. The fraction of sp³-hybridized carbons (Fsp3) is 0.295. The van der Waals surface area contributed by atoms with Crippen LogP contribution < -0.4 is 26.0 Å². The number of carbonyl (C=O) groups is 2. The van der Waals surface area contributed by atoms with Gasteiger partial charge in [-0.05, 0) is 54.0 Å². The molecule has 4 N–H and O–H groups in total. The number of carbonyl (C=O) groups excluding carboxylic acids is 2. The van der Waals surface area contributed by atoms with E-state index in [4.69, 9.17) is 32.9 Å². The molecule has 0 radical (unpaired) electrons. The first-order valence-corrected chi connectivity index (χ1v) is 19.4. The van der Waals surface area contributed by atoms with Crippen LogP contribution in [0, 0.1) is 0 Å². The highest BCUT2D eigenvalue weighted by molar-refractivity contribution is 6.39. The standard InChI is InChI=1S/C44H45Cl2N5O3/c1-54-44-32(25-48-27-34-19-22-41(53)50-34)17-20-39(51-44)38-12-6-11-37(43(38)46)36-10-5-9-35(42(36)45)30-15-16-31(24-47-26-33-18-21-40(52)49-33)29(23-30)14-13-28-7-3-2-4-8-28/h2-12,15-17,20,23,33-34,47-48H,13-14,18-19,21-22,24-27H2,1H3,(H,49,52)(H,50,53)/t33-,34-/m1/s1. The molecule has 2 atom stereocenters. The van der Waals surface area contributed by atoms with E-state index in [9.17, 15) is 9.59 Å². The van der Waals surface area contributed by atoms with E-state index >= 15 is 0 Å². The maximum atomic E-state index is 11.7. The Bertz CT molecular complexity index is 2130. The lowest BCUT2D eigenvalue weighted by Crippen LogP contribution is -2.35. The number of aromatic nitrogens is 1. The Labute approximate surface area is 327 Å². The minimum absolute atomic E-state index is 0.105. The van der Waals surface area contributed by atoms with Crippen molar-refractivity contribution in [1.29, 1.82) is 0 Å². The van der Waals surface area contributed by atoms with Crippen molar-refractivity contribution in [3.63, 3.8) is 0 Å². The number of hydrogen-bond acceptors (Lipinski definition) is 6. The Morgan fingerprint density at radius 3 is 1.89 bits per heavy atom. The monoisotopic (exact) mass is 761 g/mol. The molecule has 8 nitrogen and oxygen atoms in total. The molecular formula is C44H45Cl2N5O3. The number of pyridine rings is 1. The lowest BCUT2D eigenvalue weighted by atomic mass is 9.93. The van der Waals surface area contributed by atoms with E-state index in [2.05, 4.69) is 69.8 Å². The summed E-state index contributed by atoms with van der Waals surface area (Å²) < 4.78 is 5.69. The van der Waals surface area contributed by atoms with Crippen LogP contribution in [0.3, 0.4) is 0 Å². The van der Waals surface area contributed by atoms with Gasteiger partial charge in [-0.1, -0.05) is 114 Å². The Hall–Kier alpha value is -4.73. The van der Waals surface area contributed by atoms with Crippen LogP contribution in [0.2, 0.25) is 10.0 Å². The summed E-state index contributed by atoms with van der Waals surface area (Å²) in [4.78, 5) is 28.1. The van der Waals surface area contributed by atoms with Crippen LogP contribution in [0.5, 0.6) is 5.88 Å². The zero-order valence-corrected chi connectivity index (χ0v) is 31.9. The molecule has 0 bridgehead atoms. The fourth-order valence-corrected chi connectivity index (χ4v) is 8.04. The molecule has 4 aromatic carbocycles. The van der Waals surface area contributed by atoms with Gasteiger partial charge in [0.1, 0.15) is 0 Å². The number of amides is 2. The third-order valence-corrected chi connectivity index (χ3v) is 11.1. The normalized spacial score (nSPS) is 16.7.